The van der Waals surface area contributed by atoms with Crippen LogP contribution in [0.5, 0.6) is 0 Å². The summed E-state index contributed by atoms with van der Waals surface area (Å²) in [5.41, 5.74) is 0. The van der Waals surface area contributed by atoms with Crippen molar-refractivity contribution in [3.63, 3.8) is 0 Å². The topological polar surface area (TPSA) is 24.6 Å². The number of rotatable bonds is 0. The molecule has 2 heterocycles. The number of fused-ring (bicyclic) bond motifs is 1. The average Bonchev–Trinajstić information content (AvgIpc) is 2.43. The Kier molecular flexibility index (Phi) is 1.24. The highest BCUT2D eigenvalue weighted by atomic mass is 16.6. The van der Waals surface area contributed by atoms with Gasteiger partial charge in [-0.2, -0.15) is 0 Å². The van der Waals surface area contributed by atoms with Gasteiger partial charge in [0.15, 0.2) is 0 Å². The van der Waals surface area contributed by atoms with Crippen molar-refractivity contribution in [1.29, 1.82) is 0 Å². The summed E-state index contributed by atoms with van der Waals surface area (Å²) >= 11 is 0. The van der Waals surface area contributed by atoms with Gasteiger partial charge in [-0.05, 0) is 26.2 Å². The first-order valence-electron chi connectivity index (χ1n) is 3.78. The maximum Gasteiger partial charge on any atom is 0.135 e. The van der Waals surface area contributed by atoms with Gasteiger partial charge >= 0.3 is 0 Å². The maximum atomic E-state index is 5.32. The fraction of sp³-hybridized carbons (Fsp3) is 1.00. The minimum atomic E-state index is 0.419. The highest BCUT2D eigenvalue weighted by Gasteiger charge is 2.40. The third-order valence-corrected chi connectivity index (χ3v) is 2.16. The summed E-state index contributed by atoms with van der Waals surface area (Å²) in [5, 5.41) is 3.39. The number of ether oxygens (including phenoxy) is 1. The van der Waals surface area contributed by atoms with Crippen molar-refractivity contribution in [2.45, 2.75) is 44.6 Å². The second-order valence-corrected chi connectivity index (χ2v) is 3.09. The molecule has 2 fully saturated rings. The number of hydrogen-bond donors (Lipinski definition) is 1. The summed E-state index contributed by atoms with van der Waals surface area (Å²) in [5.74, 6) is 0. The quantitative estimate of drug-likeness (QED) is 0.488. The Morgan fingerprint density at radius 1 is 1.44 bits per heavy atom. The smallest absolute Gasteiger partial charge is 0.135 e. The van der Waals surface area contributed by atoms with E-state index in [1.165, 1.54) is 19.3 Å². The molecule has 0 spiro atoms. The minimum Gasteiger partial charge on any atom is -0.353 e. The first-order chi connectivity index (χ1) is 4.36. The highest BCUT2D eigenvalue weighted by molar-refractivity contribution is 4.87. The van der Waals surface area contributed by atoms with E-state index in [-0.39, 0.29) is 0 Å². The van der Waals surface area contributed by atoms with E-state index >= 15 is 0 Å². The second kappa shape index (κ2) is 1.96. The lowest BCUT2D eigenvalue weighted by Gasteiger charge is -2.07. The van der Waals surface area contributed by atoms with Gasteiger partial charge in [0.05, 0.1) is 6.10 Å². The molecular weight excluding hydrogens is 114 g/mol. The van der Waals surface area contributed by atoms with Gasteiger partial charge in [0.1, 0.15) is 6.23 Å². The van der Waals surface area contributed by atoms with Crippen LogP contribution in [0.2, 0.25) is 0 Å². The molecule has 2 rings (SSSR count). The molecule has 2 saturated heterocycles. The van der Waals surface area contributed by atoms with E-state index in [4.69, 9.17) is 4.74 Å². The first kappa shape index (κ1) is 5.69. The van der Waals surface area contributed by atoms with Crippen molar-refractivity contribution in [2.75, 3.05) is 0 Å². The summed E-state index contributed by atoms with van der Waals surface area (Å²) in [4.78, 5) is 0. The monoisotopic (exact) mass is 127 g/mol. The molecule has 3 atom stereocenters. The van der Waals surface area contributed by atoms with Crippen LogP contribution in [0.1, 0.15) is 26.2 Å². The summed E-state index contributed by atoms with van der Waals surface area (Å²) in [6, 6.07) is 0.669. The van der Waals surface area contributed by atoms with Crippen LogP contribution >= 0.6 is 0 Å². The molecule has 2 heteroatoms. The zero-order valence-electron chi connectivity index (χ0n) is 5.76. The molecule has 52 valence electrons. The summed E-state index contributed by atoms with van der Waals surface area (Å²) in [6.45, 7) is 2.23. The van der Waals surface area contributed by atoms with E-state index < -0.39 is 0 Å². The fourth-order valence-electron chi connectivity index (χ4n) is 1.50. The average molecular weight is 127 g/mol. The number of hydrogen-bond acceptors (Lipinski definition) is 2. The third-order valence-electron chi connectivity index (χ3n) is 2.16. The molecule has 2 aliphatic heterocycles. The molecule has 0 radical (unpaired) electrons. The van der Waals surface area contributed by atoms with Gasteiger partial charge in [-0.1, -0.05) is 0 Å². The number of nitrogens with one attached hydrogen (secondary N) is 1. The molecule has 0 aromatic heterocycles. The molecule has 0 saturated carbocycles. The summed E-state index contributed by atoms with van der Waals surface area (Å²) in [6.07, 6.45) is 4.89. The minimum absolute atomic E-state index is 0.419. The molecule has 0 amide bonds. The molecule has 0 bridgehead atoms. The number of epoxide rings is 1. The van der Waals surface area contributed by atoms with Crippen LogP contribution in [0.3, 0.4) is 0 Å². The Bertz CT molecular complexity index is 115. The molecule has 1 N–H and O–H groups in total. The van der Waals surface area contributed by atoms with Gasteiger partial charge in [0, 0.05) is 6.04 Å². The third kappa shape index (κ3) is 1.10. The lowest BCUT2D eigenvalue weighted by Crippen LogP contribution is -2.27. The van der Waals surface area contributed by atoms with Crippen LogP contribution in [-0.4, -0.2) is 18.4 Å². The van der Waals surface area contributed by atoms with Crippen molar-refractivity contribution in [1.82, 2.24) is 5.32 Å². The van der Waals surface area contributed by atoms with Gasteiger partial charge in [-0.25, -0.2) is 0 Å². The van der Waals surface area contributed by atoms with Crippen molar-refractivity contribution in [3.8, 4) is 0 Å². The largest absolute Gasteiger partial charge is 0.353 e. The standard InChI is InChI=1S/C7H13NO/c1-5-3-2-4-6-7(8-5)9-6/h5-8H,2-4H2,1H3. The molecule has 0 aromatic rings. The molecule has 0 aromatic carbocycles. The summed E-state index contributed by atoms with van der Waals surface area (Å²) < 4.78 is 5.32. The predicted molar refractivity (Wildman–Crippen MR) is 35.1 cm³/mol. The van der Waals surface area contributed by atoms with Crippen molar-refractivity contribution in [2.24, 2.45) is 0 Å². The van der Waals surface area contributed by atoms with Crippen LogP contribution in [-0.2, 0) is 4.74 Å². The fourth-order valence-corrected chi connectivity index (χ4v) is 1.50. The SMILES string of the molecule is CC1CCCC2OC2N1. The molecule has 2 nitrogen and oxygen atoms in total. The maximum absolute atomic E-state index is 5.32. The Labute approximate surface area is 55.6 Å². The normalized spacial score (nSPS) is 49.7. The lowest BCUT2D eigenvalue weighted by molar-refractivity contribution is 0.301. The zero-order valence-corrected chi connectivity index (χ0v) is 5.76. The highest BCUT2D eigenvalue weighted by Crippen LogP contribution is 2.28. The zero-order chi connectivity index (χ0) is 6.27. The Morgan fingerprint density at radius 3 is 3.22 bits per heavy atom. The van der Waals surface area contributed by atoms with Crippen molar-refractivity contribution >= 4 is 0 Å². The van der Waals surface area contributed by atoms with E-state index in [0.29, 0.717) is 18.4 Å². The van der Waals surface area contributed by atoms with Gasteiger partial charge in [-0.15, -0.1) is 0 Å². The van der Waals surface area contributed by atoms with Crippen molar-refractivity contribution < 1.29 is 4.74 Å². The second-order valence-electron chi connectivity index (χ2n) is 3.09. The van der Waals surface area contributed by atoms with Crippen LogP contribution in [0.25, 0.3) is 0 Å². The summed E-state index contributed by atoms with van der Waals surface area (Å²) in [7, 11) is 0. The molecule has 2 aliphatic rings. The predicted octanol–water partition coefficient (Wildman–Crippen LogP) is 0.873. The van der Waals surface area contributed by atoms with Gasteiger partial charge in [0.25, 0.3) is 0 Å². The van der Waals surface area contributed by atoms with E-state index in [2.05, 4.69) is 12.2 Å². The van der Waals surface area contributed by atoms with Gasteiger partial charge in [0.2, 0.25) is 0 Å². The van der Waals surface area contributed by atoms with E-state index in [1.54, 1.807) is 0 Å². The van der Waals surface area contributed by atoms with E-state index in [1.807, 2.05) is 0 Å². The molecule has 0 aliphatic carbocycles. The van der Waals surface area contributed by atoms with Crippen LogP contribution in [0.15, 0.2) is 0 Å². The van der Waals surface area contributed by atoms with Gasteiger partial charge < -0.3 is 4.74 Å². The van der Waals surface area contributed by atoms with Crippen LogP contribution < -0.4 is 5.32 Å². The molecular formula is C7H13NO. The molecule has 9 heavy (non-hydrogen) atoms. The van der Waals surface area contributed by atoms with Gasteiger partial charge in [-0.3, -0.25) is 5.32 Å². The lowest BCUT2D eigenvalue weighted by atomic mass is 10.1. The van der Waals surface area contributed by atoms with Crippen LogP contribution in [0.4, 0.5) is 0 Å². The molecule has 3 unspecified atom stereocenters. The Hall–Kier alpha value is -0.0800. The van der Waals surface area contributed by atoms with Crippen LogP contribution in [0, 0.1) is 0 Å². The Morgan fingerprint density at radius 2 is 2.33 bits per heavy atom. The first-order valence-corrected chi connectivity index (χ1v) is 3.78. The van der Waals surface area contributed by atoms with E-state index in [9.17, 15) is 0 Å². The Balaban J connectivity index is 1.92. The van der Waals surface area contributed by atoms with Crippen molar-refractivity contribution in [3.05, 3.63) is 0 Å². The van der Waals surface area contributed by atoms with E-state index in [0.717, 1.165) is 0 Å².